The standard InChI is InChI=1S/C16H21FO2/c1-10-6-11(8-12(17)7-10)14(18)13-9-15(2,3)19-16(13,4)5/h6-8,13H,9H2,1-5H3. The molecule has 0 aromatic heterocycles. The van der Waals surface area contributed by atoms with E-state index in [1.165, 1.54) is 12.1 Å². The molecule has 1 aliphatic rings. The summed E-state index contributed by atoms with van der Waals surface area (Å²) in [5.74, 6) is -0.624. The van der Waals surface area contributed by atoms with Crippen LogP contribution in [0, 0.1) is 18.7 Å². The van der Waals surface area contributed by atoms with Gasteiger partial charge < -0.3 is 4.74 Å². The van der Waals surface area contributed by atoms with Gasteiger partial charge in [-0.15, -0.1) is 0 Å². The van der Waals surface area contributed by atoms with Crippen LogP contribution in [0.15, 0.2) is 18.2 Å². The lowest BCUT2D eigenvalue weighted by molar-refractivity contribution is -0.0712. The topological polar surface area (TPSA) is 26.3 Å². The molecule has 0 saturated carbocycles. The van der Waals surface area contributed by atoms with Crippen LogP contribution >= 0.6 is 0 Å². The summed E-state index contributed by atoms with van der Waals surface area (Å²) in [6, 6.07) is 4.49. The SMILES string of the molecule is Cc1cc(F)cc(C(=O)C2CC(C)(C)OC2(C)C)c1. The van der Waals surface area contributed by atoms with Gasteiger partial charge in [-0.05, 0) is 64.8 Å². The summed E-state index contributed by atoms with van der Waals surface area (Å²) in [5, 5.41) is 0. The zero-order valence-corrected chi connectivity index (χ0v) is 12.2. The molecule has 104 valence electrons. The number of ether oxygens (including phenoxy) is 1. The molecule has 1 unspecified atom stereocenters. The Morgan fingerprint density at radius 1 is 1.26 bits per heavy atom. The number of carbonyl (C=O) groups excluding carboxylic acids is 1. The molecule has 1 atom stereocenters. The Balaban J connectivity index is 2.34. The van der Waals surface area contributed by atoms with E-state index in [9.17, 15) is 9.18 Å². The van der Waals surface area contributed by atoms with Crippen molar-refractivity contribution in [3.63, 3.8) is 0 Å². The fourth-order valence-corrected chi connectivity index (χ4v) is 3.05. The summed E-state index contributed by atoms with van der Waals surface area (Å²) < 4.78 is 19.4. The minimum Gasteiger partial charge on any atom is -0.369 e. The predicted molar refractivity (Wildman–Crippen MR) is 72.8 cm³/mol. The van der Waals surface area contributed by atoms with E-state index in [1.807, 2.05) is 27.7 Å². The summed E-state index contributed by atoms with van der Waals surface area (Å²) in [5.41, 5.74) is 0.378. The second-order valence-electron chi connectivity index (χ2n) is 6.60. The zero-order valence-electron chi connectivity index (χ0n) is 12.2. The van der Waals surface area contributed by atoms with Gasteiger partial charge in [-0.25, -0.2) is 4.39 Å². The van der Waals surface area contributed by atoms with Gasteiger partial charge in [-0.3, -0.25) is 4.79 Å². The first-order chi connectivity index (χ1) is 8.61. The van der Waals surface area contributed by atoms with E-state index in [2.05, 4.69) is 0 Å². The van der Waals surface area contributed by atoms with E-state index < -0.39 is 5.60 Å². The molecule has 0 N–H and O–H groups in total. The van der Waals surface area contributed by atoms with Crippen molar-refractivity contribution in [3.8, 4) is 0 Å². The van der Waals surface area contributed by atoms with E-state index >= 15 is 0 Å². The van der Waals surface area contributed by atoms with Crippen molar-refractivity contribution in [2.45, 2.75) is 52.2 Å². The third-order valence-corrected chi connectivity index (χ3v) is 3.72. The minimum absolute atomic E-state index is 0.0295. The van der Waals surface area contributed by atoms with Crippen molar-refractivity contribution < 1.29 is 13.9 Å². The Labute approximate surface area is 114 Å². The lowest BCUT2D eigenvalue weighted by Crippen LogP contribution is -2.33. The molecule has 1 aromatic rings. The molecule has 1 aliphatic heterocycles. The number of ketones is 1. The molecular formula is C16H21FO2. The molecule has 0 spiro atoms. The lowest BCUT2D eigenvalue weighted by atomic mass is 9.81. The van der Waals surface area contributed by atoms with Crippen molar-refractivity contribution in [1.82, 2.24) is 0 Å². The van der Waals surface area contributed by atoms with E-state index in [4.69, 9.17) is 4.74 Å². The molecule has 1 aromatic carbocycles. The van der Waals surface area contributed by atoms with Gasteiger partial charge in [-0.2, -0.15) is 0 Å². The highest BCUT2D eigenvalue weighted by molar-refractivity contribution is 5.99. The molecular weight excluding hydrogens is 243 g/mol. The molecule has 0 amide bonds. The van der Waals surface area contributed by atoms with Crippen molar-refractivity contribution in [2.24, 2.45) is 5.92 Å². The van der Waals surface area contributed by atoms with Crippen molar-refractivity contribution in [1.29, 1.82) is 0 Å². The number of carbonyl (C=O) groups is 1. The Morgan fingerprint density at radius 3 is 2.37 bits per heavy atom. The van der Waals surface area contributed by atoms with Gasteiger partial charge in [0.05, 0.1) is 17.1 Å². The Kier molecular flexibility index (Phi) is 3.29. The van der Waals surface area contributed by atoms with Crippen LogP contribution < -0.4 is 0 Å². The van der Waals surface area contributed by atoms with Gasteiger partial charge in [0.1, 0.15) is 5.82 Å². The minimum atomic E-state index is -0.513. The maximum Gasteiger partial charge on any atom is 0.169 e. The second-order valence-corrected chi connectivity index (χ2v) is 6.60. The monoisotopic (exact) mass is 264 g/mol. The van der Waals surface area contributed by atoms with Crippen LogP contribution in [0.4, 0.5) is 4.39 Å². The number of rotatable bonds is 2. The summed E-state index contributed by atoms with van der Waals surface area (Å²) in [7, 11) is 0. The van der Waals surface area contributed by atoms with Crippen molar-refractivity contribution in [3.05, 3.63) is 35.1 Å². The third-order valence-electron chi connectivity index (χ3n) is 3.72. The second kappa shape index (κ2) is 4.41. The zero-order chi connectivity index (χ0) is 14.4. The van der Waals surface area contributed by atoms with Crippen molar-refractivity contribution >= 4 is 5.78 Å². The molecule has 19 heavy (non-hydrogen) atoms. The first-order valence-electron chi connectivity index (χ1n) is 6.62. The maximum absolute atomic E-state index is 13.4. The van der Waals surface area contributed by atoms with E-state index in [0.717, 1.165) is 5.56 Å². The van der Waals surface area contributed by atoms with Gasteiger partial charge >= 0.3 is 0 Å². The molecule has 1 fully saturated rings. The highest BCUT2D eigenvalue weighted by atomic mass is 19.1. The fraction of sp³-hybridized carbons (Fsp3) is 0.562. The molecule has 0 bridgehead atoms. The van der Waals surface area contributed by atoms with Crippen LogP contribution in [0.1, 0.15) is 50.0 Å². The van der Waals surface area contributed by atoms with Crippen LogP contribution in [0.3, 0.4) is 0 Å². The summed E-state index contributed by atoms with van der Waals surface area (Å²) in [4.78, 5) is 12.6. The van der Waals surface area contributed by atoms with Gasteiger partial charge in [0, 0.05) is 5.56 Å². The average molecular weight is 264 g/mol. The maximum atomic E-state index is 13.4. The summed E-state index contributed by atoms with van der Waals surface area (Å²) >= 11 is 0. The number of aryl methyl sites for hydroxylation is 1. The molecule has 1 heterocycles. The first-order valence-corrected chi connectivity index (χ1v) is 6.62. The summed E-state index contributed by atoms with van der Waals surface area (Å²) in [6.07, 6.45) is 0.661. The van der Waals surface area contributed by atoms with Gasteiger partial charge in [0.25, 0.3) is 0 Å². The number of hydrogen-bond donors (Lipinski definition) is 0. The molecule has 0 aliphatic carbocycles. The molecule has 1 saturated heterocycles. The smallest absolute Gasteiger partial charge is 0.169 e. The van der Waals surface area contributed by atoms with Crippen LogP contribution in [0.25, 0.3) is 0 Å². The highest BCUT2D eigenvalue weighted by Crippen LogP contribution is 2.43. The molecule has 0 radical (unpaired) electrons. The van der Waals surface area contributed by atoms with Crippen LogP contribution in [0.5, 0.6) is 0 Å². The van der Waals surface area contributed by atoms with E-state index in [0.29, 0.717) is 12.0 Å². The van der Waals surface area contributed by atoms with Crippen LogP contribution in [-0.4, -0.2) is 17.0 Å². The number of Topliss-reactive ketones (excluding diaryl/α,β-unsaturated/α-hetero) is 1. The molecule has 2 rings (SSSR count). The molecule has 3 heteroatoms. The Morgan fingerprint density at radius 2 is 1.89 bits per heavy atom. The van der Waals surface area contributed by atoms with Gasteiger partial charge in [0.15, 0.2) is 5.78 Å². The van der Waals surface area contributed by atoms with Crippen LogP contribution in [0.2, 0.25) is 0 Å². The average Bonchev–Trinajstić information content (AvgIpc) is 2.44. The Bertz CT molecular complexity index is 497. The summed E-state index contributed by atoms with van der Waals surface area (Å²) in [6.45, 7) is 9.62. The quantitative estimate of drug-likeness (QED) is 0.757. The third kappa shape index (κ3) is 2.86. The first kappa shape index (κ1) is 14.2. The van der Waals surface area contributed by atoms with Gasteiger partial charge in [0.2, 0.25) is 0 Å². The van der Waals surface area contributed by atoms with Crippen molar-refractivity contribution in [2.75, 3.05) is 0 Å². The van der Waals surface area contributed by atoms with Gasteiger partial charge in [-0.1, -0.05) is 0 Å². The number of halogens is 1. The fourth-order valence-electron chi connectivity index (χ4n) is 3.05. The predicted octanol–water partition coefficient (Wildman–Crippen LogP) is 3.91. The Hall–Kier alpha value is -1.22. The number of hydrogen-bond acceptors (Lipinski definition) is 2. The number of benzene rings is 1. The van der Waals surface area contributed by atoms with E-state index in [1.54, 1.807) is 13.0 Å². The lowest BCUT2D eigenvalue weighted by Gasteiger charge is -2.26. The molecule has 2 nitrogen and oxygen atoms in total. The largest absolute Gasteiger partial charge is 0.369 e. The van der Waals surface area contributed by atoms with Crippen LogP contribution in [-0.2, 0) is 4.74 Å². The van der Waals surface area contributed by atoms with E-state index in [-0.39, 0.29) is 23.1 Å². The highest BCUT2D eigenvalue weighted by Gasteiger charge is 2.49. The normalized spacial score (nSPS) is 24.4.